The number of hydrogen-bond acceptors (Lipinski definition) is 6. The second-order valence-electron chi connectivity index (χ2n) is 8.41. The fourth-order valence-corrected chi connectivity index (χ4v) is 4.46. The molecule has 0 heterocycles. The molecule has 0 bridgehead atoms. The van der Waals surface area contributed by atoms with Crippen LogP contribution >= 0.6 is 11.8 Å². The van der Waals surface area contributed by atoms with Crippen LogP contribution < -0.4 is 10.6 Å². The smallest absolute Gasteiger partial charge is 0.131 e. The second kappa shape index (κ2) is 11.9. The summed E-state index contributed by atoms with van der Waals surface area (Å²) in [5.74, 6) is 0.0224. The maximum absolute atomic E-state index is 10.3. The van der Waals surface area contributed by atoms with Crippen molar-refractivity contribution in [3.05, 3.63) is 113 Å². The molecule has 0 aromatic heterocycles. The van der Waals surface area contributed by atoms with E-state index in [0.29, 0.717) is 17.7 Å². The van der Waals surface area contributed by atoms with E-state index in [9.17, 15) is 15.3 Å². The van der Waals surface area contributed by atoms with Gasteiger partial charge >= 0.3 is 0 Å². The molecule has 6 heteroatoms. The van der Waals surface area contributed by atoms with Crippen molar-refractivity contribution in [2.45, 2.75) is 36.0 Å². The van der Waals surface area contributed by atoms with Gasteiger partial charge in [0.15, 0.2) is 0 Å². The normalized spacial score (nSPS) is 11.9. The van der Waals surface area contributed by atoms with Crippen LogP contribution in [0.2, 0.25) is 0 Å². The van der Waals surface area contributed by atoms with Crippen LogP contribution in [0.5, 0.6) is 5.75 Å². The summed E-state index contributed by atoms with van der Waals surface area (Å²) in [7, 11) is 0. The summed E-state index contributed by atoms with van der Waals surface area (Å²) in [4.78, 5) is 2.43. The molecule has 4 aromatic carbocycles. The van der Waals surface area contributed by atoms with Gasteiger partial charge in [0.05, 0.1) is 6.61 Å². The highest BCUT2D eigenvalue weighted by atomic mass is 32.2. The van der Waals surface area contributed by atoms with E-state index in [1.807, 2.05) is 12.1 Å². The highest BCUT2D eigenvalue weighted by molar-refractivity contribution is 7.99. The zero-order valence-corrected chi connectivity index (χ0v) is 20.4. The Morgan fingerprint density at radius 3 is 2.03 bits per heavy atom. The number of rotatable bonds is 10. The first-order valence-corrected chi connectivity index (χ1v) is 12.4. The van der Waals surface area contributed by atoms with E-state index in [2.05, 4.69) is 78.2 Å². The summed E-state index contributed by atoms with van der Waals surface area (Å²) in [6.45, 7) is 2.41. The maximum Gasteiger partial charge on any atom is 0.131 e. The SMILES string of the molecule is Cc1ccc(Sc2ccc(Nc3ccc(CCNC(O)c4ccc(O)c(CO)c4)cc3)cc2)cc1. The van der Waals surface area contributed by atoms with E-state index < -0.39 is 6.23 Å². The molecule has 0 amide bonds. The molecule has 5 N–H and O–H groups in total. The second-order valence-corrected chi connectivity index (χ2v) is 9.56. The number of phenols is 1. The molecule has 1 atom stereocenters. The maximum atomic E-state index is 10.3. The van der Waals surface area contributed by atoms with Crippen LogP contribution in [0.3, 0.4) is 0 Å². The number of anilines is 2. The molecule has 0 aliphatic rings. The monoisotopic (exact) mass is 486 g/mol. The van der Waals surface area contributed by atoms with Crippen LogP contribution in [0, 0.1) is 6.92 Å². The first-order chi connectivity index (χ1) is 17.0. The van der Waals surface area contributed by atoms with Gasteiger partial charge in [-0.05, 0) is 85.1 Å². The lowest BCUT2D eigenvalue weighted by Gasteiger charge is -2.15. The van der Waals surface area contributed by atoms with Crippen molar-refractivity contribution in [2.75, 3.05) is 11.9 Å². The van der Waals surface area contributed by atoms with Crippen molar-refractivity contribution in [2.24, 2.45) is 0 Å². The standard InChI is InChI=1S/C29H30N2O3S/c1-20-2-11-26(12-3-20)35-27-13-9-25(10-14-27)31-24-7-4-21(5-8-24)16-17-30-29(34)22-6-15-28(33)23(18-22)19-32/h2-15,18,29-34H,16-17,19H2,1H3. The van der Waals surface area contributed by atoms with Gasteiger partial charge in [-0.2, -0.15) is 0 Å². The Kier molecular flexibility index (Phi) is 8.45. The molecule has 35 heavy (non-hydrogen) atoms. The molecule has 0 saturated heterocycles. The van der Waals surface area contributed by atoms with E-state index in [-0.39, 0.29) is 12.4 Å². The molecule has 180 valence electrons. The molecule has 5 nitrogen and oxygen atoms in total. The summed E-state index contributed by atoms with van der Waals surface area (Å²) in [5, 5.41) is 35.8. The lowest BCUT2D eigenvalue weighted by atomic mass is 10.1. The molecule has 0 radical (unpaired) electrons. The van der Waals surface area contributed by atoms with Crippen LogP contribution in [0.1, 0.15) is 28.5 Å². The van der Waals surface area contributed by atoms with E-state index in [0.717, 1.165) is 23.4 Å². The van der Waals surface area contributed by atoms with Crippen LogP contribution in [0.15, 0.2) is 101 Å². The Labute approximate surface area is 210 Å². The lowest BCUT2D eigenvalue weighted by Crippen LogP contribution is -2.23. The summed E-state index contributed by atoms with van der Waals surface area (Å²) >= 11 is 1.75. The van der Waals surface area contributed by atoms with Gasteiger partial charge in [0.1, 0.15) is 12.0 Å². The van der Waals surface area contributed by atoms with Crippen LogP contribution in [0.4, 0.5) is 11.4 Å². The predicted octanol–water partition coefficient (Wildman–Crippen LogP) is 5.91. The Balaban J connectivity index is 1.25. The zero-order valence-electron chi connectivity index (χ0n) is 19.6. The molecule has 4 rings (SSSR count). The van der Waals surface area contributed by atoms with Gasteiger partial charge in [-0.15, -0.1) is 0 Å². The van der Waals surface area contributed by atoms with Crippen molar-refractivity contribution in [1.29, 1.82) is 0 Å². The molecule has 4 aromatic rings. The number of hydrogen-bond donors (Lipinski definition) is 5. The minimum absolute atomic E-state index is 0.0224. The van der Waals surface area contributed by atoms with Crippen LogP contribution in [0.25, 0.3) is 0 Å². The zero-order chi connectivity index (χ0) is 24.6. The van der Waals surface area contributed by atoms with Crippen molar-refractivity contribution < 1.29 is 15.3 Å². The molecular weight excluding hydrogens is 456 g/mol. The highest BCUT2D eigenvalue weighted by Crippen LogP contribution is 2.29. The van der Waals surface area contributed by atoms with Crippen molar-refractivity contribution in [1.82, 2.24) is 5.32 Å². The first kappa shape index (κ1) is 24.8. The average molecular weight is 487 g/mol. The molecule has 0 saturated carbocycles. The van der Waals surface area contributed by atoms with Crippen LogP contribution in [-0.2, 0) is 13.0 Å². The molecule has 0 aliphatic heterocycles. The van der Waals surface area contributed by atoms with Gasteiger partial charge in [-0.1, -0.05) is 47.7 Å². The van der Waals surface area contributed by atoms with E-state index >= 15 is 0 Å². The fourth-order valence-electron chi connectivity index (χ4n) is 3.64. The van der Waals surface area contributed by atoms with Gasteiger partial charge in [0.2, 0.25) is 0 Å². The number of nitrogens with one attached hydrogen (secondary N) is 2. The Morgan fingerprint density at radius 1 is 0.800 bits per heavy atom. The molecule has 0 aliphatic carbocycles. The Hall–Kier alpha value is -3.29. The number of aryl methyl sites for hydroxylation is 1. The average Bonchev–Trinajstić information content (AvgIpc) is 2.88. The minimum Gasteiger partial charge on any atom is -0.508 e. The van der Waals surface area contributed by atoms with Crippen LogP contribution in [-0.4, -0.2) is 21.9 Å². The summed E-state index contributed by atoms with van der Waals surface area (Å²) in [5.41, 5.74) is 5.47. The largest absolute Gasteiger partial charge is 0.508 e. The van der Waals surface area contributed by atoms with Gasteiger partial charge in [-0.25, -0.2) is 0 Å². The lowest BCUT2D eigenvalue weighted by molar-refractivity contribution is 0.139. The fraction of sp³-hybridized carbons (Fsp3) is 0.172. The molecule has 0 fully saturated rings. The van der Waals surface area contributed by atoms with Gasteiger partial charge in [-0.3, -0.25) is 5.32 Å². The number of aliphatic hydroxyl groups is 2. The minimum atomic E-state index is -0.867. The summed E-state index contributed by atoms with van der Waals surface area (Å²) < 4.78 is 0. The molecule has 0 spiro atoms. The molecule has 1 unspecified atom stereocenters. The number of aliphatic hydroxyl groups excluding tert-OH is 2. The van der Waals surface area contributed by atoms with Gasteiger partial charge < -0.3 is 20.6 Å². The third-order valence-corrected chi connectivity index (χ3v) is 6.71. The van der Waals surface area contributed by atoms with Crippen molar-refractivity contribution in [3.8, 4) is 5.75 Å². The third kappa shape index (κ3) is 7.10. The molecular formula is C29H30N2O3S. The third-order valence-electron chi connectivity index (χ3n) is 5.69. The van der Waals surface area contributed by atoms with E-state index in [4.69, 9.17) is 0 Å². The Morgan fingerprint density at radius 2 is 1.40 bits per heavy atom. The summed E-state index contributed by atoms with van der Waals surface area (Å²) in [6.07, 6.45) is -0.110. The number of aromatic hydroxyl groups is 1. The topological polar surface area (TPSA) is 84.8 Å². The van der Waals surface area contributed by atoms with Gasteiger partial charge in [0, 0.05) is 33.3 Å². The number of benzene rings is 4. The van der Waals surface area contributed by atoms with Crippen molar-refractivity contribution in [3.63, 3.8) is 0 Å². The van der Waals surface area contributed by atoms with Gasteiger partial charge in [0.25, 0.3) is 0 Å². The van der Waals surface area contributed by atoms with Crippen molar-refractivity contribution >= 4 is 23.1 Å². The highest BCUT2D eigenvalue weighted by Gasteiger charge is 2.09. The predicted molar refractivity (Wildman–Crippen MR) is 142 cm³/mol. The van der Waals surface area contributed by atoms with E-state index in [1.54, 1.807) is 23.9 Å². The van der Waals surface area contributed by atoms with E-state index in [1.165, 1.54) is 21.4 Å². The first-order valence-electron chi connectivity index (χ1n) is 11.5. The quantitative estimate of drug-likeness (QED) is 0.179. The Bertz CT molecular complexity index is 1230. The summed E-state index contributed by atoms with van der Waals surface area (Å²) in [6, 6.07) is 29.9.